The molecule has 3 aromatic rings. The Bertz CT molecular complexity index is 1180. The third kappa shape index (κ3) is 5.23. The van der Waals surface area contributed by atoms with E-state index in [1.807, 2.05) is 40.9 Å². The second-order valence-electron chi connectivity index (χ2n) is 9.82. The molecule has 1 saturated heterocycles. The minimum atomic E-state index is -0.204. The number of aryl methyl sites for hydroxylation is 2. The summed E-state index contributed by atoms with van der Waals surface area (Å²) < 4.78 is 15.2. The van der Waals surface area contributed by atoms with Crippen molar-refractivity contribution in [2.75, 3.05) is 54.8 Å². The number of carbonyl (C=O) groups is 1. The van der Waals surface area contributed by atoms with Gasteiger partial charge in [-0.3, -0.25) is 19.3 Å². The summed E-state index contributed by atoms with van der Waals surface area (Å²) in [6, 6.07) is 13.9. The van der Waals surface area contributed by atoms with Crippen LogP contribution in [0.4, 0.5) is 21.6 Å². The van der Waals surface area contributed by atoms with E-state index in [0.29, 0.717) is 17.8 Å². The Morgan fingerprint density at radius 3 is 2.42 bits per heavy atom. The van der Waals surface area contributed by atoms with Gasteiger partial charge < -0.3 is 10.6 Å². The van der Waals surface area contributed by atoms with Gasteiger partial charge in [-0.1, -0.05) is 0 Å². The number of anilines is 3. The highest BCUT2D eigenvalue weighted by Gasteiger charge is 2.28. The molecule has 2 aliphatic rings. The Kier molecular flexibility index (Phi) is 7.23. The van der Waals surface area contributed by atoms with Gasteiger partial charge in [-0.25, -0.2) is 4.39 Å². The van der Waals surface area contributed by atoms with Gasteiger partial charge in [-0.05, 0) is 87.2 Å². The molecule has 0 bridgehead atoms. The number of halogens is 1. The van der Waals surface area contributed by atoms with Crippen molar-refractivity contribution in [3.05, 3.63) is 71.2 Å². The molecule has 1 fully saturated rings. The highest BCUT2D eigenvalue weighted by Crippen LogP contribution is 2.31. The zero-order chi connectivity index (χ0) is 25.1. The van der Waals surface area contributed by atoms with Gasteiger partial charge in [0.15, 0.2) is 0 Å². The van der Waals surface area contributed by atoms with Crippen LogP contribution in [0.1, 0.15) is 40.9 Å². The molecule has 2 aromatic carbocycles. The standard InChI is InChI=1S/C28H35FN6O/c1-32-27(25-5-2-3-6-26(25)31-32)35(28(36)21-7-11-23(30)12-8-21)16-4-15-33-17-19-34(20-18-33)24-13-9-22(29)10-14-24/h7-14H,2-6,15-20,30H2,1H3. The van der Waals surface area contributed by atoms with Crippen LogP contribution < -0.4 is 15.5 Å². The summed E-state index contributed by atoms with van der Waals surface area (Å²) in [5.41, 5.74) is 10.6. The molecule has 1 aromatic heterocycles. The molecule has 2 heterocycles. The van der Waals surface area contributed by atoms with Gasteiger partial charge in [-0.2, -0.15) is 5.10 Å². The van der Waals surface area contributed by atoms with Crippen molar-refractivity contribution in [2.45, 2.75) is 32.1 Å². The number of carbonyl (C=O) groups excluding carboxylic acids is 1. The van der Waals surface area contributed by atoms with Gasteiger partial charge in [-0.15, -0.1) is 0 Å². The summed E-state index contributed by atoms with van der Waals surface area (Å²) >= 11 is 0. The SMILES string of the molecule is Cn1nc2c(c1N(CCCN1CCN(c3ccc(F)cc3)CC1)C(=O)c1ccc(N)cc1)CCCC2. The lowest BCUT2D eigenvalue weighted by atomic mass is 9.97. The lowest BCUT2D eigenvalue weighted by molar-refractivity contribution is 0.0983. The highest BCUT2D eigenvalue weighted by atomic mass is 19.1. The van der Waals surface area contributed by atoms with Crippen molar-refractivity contribution in [1.82, 2.24) is 14.7 Å². The molecular formula is C28H35FN6O. The number of benzene rings is 2. The number of amides is 1. The van der Waals surface area contributed by atoms with Crippen LogP contribution in [-0.4, -0.2) is 59.9 Å². The quantitative estimate of drug-likeness (QED) is 0.509. The first kappa shape index (κ1) is 24.3. The minimum absolute atomic E-state index is 0.00694. The first-order valence-corrected chi connectivity index (χ1v) is 12.9. The Labute approximate surface area is 212 Å². The molecule has 2 N–H and O–H groups in total. The summed E-state index contributed by atoms with van der Waals surface area (Å²) in [5, 5.41) is 4.77. The predicted octanol–water partition coefficient (Wildman–Crippen LogP) is 3.88. The molecule has 1 amide bonds. The van der Waals surface area contributed by atoms with E-state index < -0.39 is 0 Å². The van der Waals surface area contributed by atoms with E-state index in [1.54, 1.807) is 12.1 Å². The largest absolute Gasteiger partial charge is 0.399 e. The highest BCUT2D eigenvalue weighted by molar-refractivity contribution is 6.06. The summed E-state index contributed by atoms with van der Waals surface area (Å²) in [6.45, 7) is 5.27. The molecule has 36 heavy (non-hydrogen) atoms. The molecule has 1 aliphatic heterocycles. The van der Waals surface area contributed by atoms with Gasteiger partial charge >= 0.3 is 0 Å². The Hall–Kier alpha value is -3.39. The Morgan fingerprint density at radius 2 is 1.69 bits per heavy atom. The van der Waals surface area contributed by atoms with E-state index in [-0.39, 0.29) is 11.7 Å². The van der Waals surface area contributed by atoms with E-state index >= 15 is 0 Å². The summed E-state index contributed by atoms with van der Waals surface area (Å²) in [6.07, 6.45) is 5.10. The van der Waals surface area contributed by atoms with Crippen LogP contribution in [0.3, 0.4) is 0 Å². The van der Waals surface area contributed by atoms with Crippen molar-refractivity contribution < 1.29 is 9.18 Å². The zero-order valence-electron chi connectivity index (χ0n) is 21.0. The average molecular weight is 491 g/mol. The number of nitrogens with two attached hydrogens (primary N) is 1. The lowest BCUT2D eigenvalue weighted by Crippen LogP contribution is -2.47. The van der Waals surface area contributed by atoms with Crippen LogP contribution >= 0.6 is 0 Å². The van der Waals surface area contributed by atoms with Gasteiger partial charge in [0.2, 0.25) is 0 Å². The molecular weight excluding hydrogens is 455 g/mol. The molecule has 0 unspecified atom stereocenters. The van der Waals surface area contributed by atoms with E-state index in [9.17, 15) is 9.18 Å². The molecule has 0 saturated carbocycles. The number of fused-ring (bicyclic) bond motifs is 1. The molecule has 1 aliphatic carbocycles. The summed E-state index contributed by atoms with van der Waals surface area (Å²) in [5.74, 6) is 0.727. The topological polar surface area (TPSA) is 70.6 Å². The molecule has 0 atom stereocenters. The number of hydrogen-bond donors (Lipinski definition) is 1. The summed E-state index contributed by atoms with van der Waals surface area (Å²) in [4.78, 5) is 20.4. The number of piperazine rings is 1. The van der Waals surface area contributed by atoms with Gasteiger partial charge in [0, 0.05) is 62.3 Å². The first-order chi connectivity index (χ1) is 17.5. The van der Waals surface area contributed by atoms with Crippen molar-refractivity contribution in [2.24, 2.45) is 7.05 Å². The van der Waals surface area contributed by atoms with Crippen molar-refractivity contribution in [3.63, 3.8) is 0 Å². The van der Waals surface area contributed by atoms with Gasteiger partial charge in [0.25, 0.3) is 5.91 Å². The number of aromatic nitrogens is 2. The maximum absolute atomic E-state index is 13.7. The third-order valence-corrected chi connectivity index (χ3v) is 7.36. The van der Waals surface area contributed by atoms with Crippen LogP contribution in [0.25, 0.3) is 0 Å². The van der Waals surface area contributed by atoms with Crippen LogP contribution in [0.15, 0.2) is 48.5 Å². The van der Waals surface area contributed by atoms with Crippen molar-refractivity contribution >= 4 is 23.1 Å². The number of rotatable bonds is 7. The number of hydrogen-bond acceptors (Lipinski definition) is 5. The van der Waals surface area contributed by atoms with E-state index in [1.165, 1.54) is 17.7 Å². The smallest absolute Gasteiger partial charge is 0.259 e. The fourth-order valence-electron chi connectivity index (χ4n) is 5.42. The van der Waals surface area contributed by atoms with Crippen LogP contribution in [0, 0.1) is 5.82 Å². The molecule has 7 nitrogen and oxygen atoms in total. The second kappa shape index (κ2) is 10.7. The molecule has 190 valence electrons. The van der Waals surface area contributed by atoms with Gasteiger partial charge in [0.05, 0.1) is 5.69 Å². The molecule has 0 spiro atoms. The maximum atomic E-state index is 13.7. The monoisotopic (exact) mass is 490 g/mol. The van der Waals surface area contributed by atoms with Crippen LogP contribution in [-0.2, 0) is 19.9 Å². The first-order valence-electron chi connectivity index (χ1n) is 12.9. The van der Waals surface area contributed by atoms with Crippen molar-refractivity contribution in [1.29, 1.82) is 0 Å². The average Bonchev–Trinajstić information content (AvgIpc) is 3.23. The van der Waals surface area contributed by atoms with Crippen molar-refractivity contribution in [3.8, 4) is 0 Å². The zero-order valence-corrected chi connectivity index (χ0v) is 21.0. The lowest BCUT2D eigenvalue weighted by Gasteiger charge is -2.36. The fourth-order valence-corrected chi connectivity index (χ4v) is 5.42. The normalized spacial score (nSPS) is 16.1. The van der Waals surface area contributed by atoms with Crippen LogP contribution in [0.5, 0.6) is 0 Å². The fraction of sp³-hybridized carbons (Fsp3) is 0.429. The van der Waals surface area contributed by atoms with E-state index in [2.05, 4.69) is 9.80 Å². The predicted molar refractivity (Wildman–Crippen MR) is 142 cm³/mol. The molecule has 8 heteroatoms. The molecule has 0 radical (unpaired) electrons. The molecule has 5 rings (SSSR count). The van der Waals surface area contributed by atoms with E-state index in [0.717, 1.165) is 82.0 Å². The Balaban J connectivity index is 1.26. The maximum Gasteiger partial charge on any atom is 0.259 e. The van der Waals surface area contributed by atoms with Crippen LogP contribution in [0.2, 0.25) is 0 Å². The summed E-state index contributed by atoms with van der Waals surface area (Å²) in [7, 11) is 1.95. The minimum Gasteiger partial charge on any atom is -0.399 e. The Morgan fingerprint density at radius 1 is 1.00 bits per heavy atom. The third-order valence-electron chi connectivity index (χ3n) is 7.36. The second-order valence-corrected chi connectivity index (χ2v) is 9.82. The van der Waals surface area contributed by atoms with Gasteiger partial charge in [0.1, 0.15) is 11.6 Å². The number of nitrogens with zero attached hydrogens (tertiary/aromatic N) is 5. The van der Waals surface area contributed by atoms with E-state index in [4.69, 9.17) is 10.8 Å². The number of nitrogen functional groups attached to an aromatic ring is 1.